The van der Waals surface area contributed by atoms with Crippen LogP contribution < -0.4 is 11.1 Å². The van der Waals surface area contributed by atoms with E-state index in [1.807, 2.05) is 13.8 Å². The van der Waals surface area contributed by atoms with Gasteiger partial charge < -0.3 is 11.1 Å². The first-order chi connectivity index (χ1) is 10.3. The van der Waals surface area contributed by atoms with Gasteiger partial charge in [-0.05, 0) is 30.5 Å². The molecule has 2 atom stereocenters. The van der Waals surface area contributed by atoms with Gasteiger partial charge in [-0.25, -0.2) is 0 Å². The Kier molecular flexibility index (Phi) is 9.24. The Hall–Kier alpha value is -1.27. The maximum atomic E-state index is 12.8. The Morgan fingerprint density at radius 3 is 2.35 bits per heavy atom. The van der Waals surface area contributed by atoms with Crippen LogP contribution in [0.1, 0.15) is 56.7 Å². The van der Waals surface area contributed by atoms with Crippen LogP contribution in [0.3, 0.4) is 0 Å². The van der Waals surface area contributed by atoms with E-state index < -0.39 is 23.8 Å². The van der Waals surface area contributed by atoms with Crippen LogP contribution in [0, 0.1) is 0 Å². The fourth-order valence-corrected chi connectivity index (χ4v) is 2.26. The molecule has 1 rings (SSSR count). The lowest BCUT2D eigenvalue weighted by Gasteiger charge is -2.22. The van der Waals surface area contributed by atoms with E-state index in [4.69, 9.17) is 5.73 Å². The second-order valence-electron chi connectivity index (χ2n) is 5.37. The molecular weight excluding hydrogens is 329 g/mol. The Morgan fingerprint density at radius 1 is 1.22 bits per heavy atom. The number of rotatable bonds is 7. The van der Waals surface area contributed by atoms with Gasteiger partial charge >= 0.3 is 6.18 Å². The van der Waals surface area contributed by atoms with Crippen molar-refractivity contribution in [2.75, 3.05) is 0 Å². The Balaban J connectivity index is 0.00000484. The molecule has 132 valence electrons. The molecule has 7 heteroatoms. The highest BCUT2D eigenvalue weighted by molar-refractivity contribution is 5.85. The van der Waals surface area contributed by atoms with Crippen molar-refractivity contribution in [1.82, 2.24) is 5.32 Å². The third-order valence-corrected chi connectivity index (χ3v) is 3.45. The van der Waals surface area contributed by atoms with Crippen LogP contribution in [-0.2, 0) is 11.0 Å². The maximum absolute atomic E-state index is 12.8. The fourth-order valence-electron chi connectivity index (χ4n) is 2.26. The Morgan fingerprint density at radius 2 is 1.83 bits per heavy atom. The normalized spacial score (nSPS) is 13.8. The standard InChI is InChI=1S/C16H23F3N2O.ClH/c1-3-6-13(20)15(22)21-14(7-4-2)11-8-5-9-12(10-11)16(17,18)19;/h5,8-10,13-14H,3-4,6-7,20H2,1-2H3,(H,21,22);1H. The minimum absolute atomic E-state index is 0. The van der Waals surface area contributed by atoms with E-state index >= 15 is 0 Å². The number of alkyl halides is 3. The van der Waals surface area contributed by atoms with Crippen molar-refractivity contribution in [3.63, 3.8) is 0 Å². The second-order valence-corrected chi connectivity index (χ2v) is 5.37. The summed E-state index contributed by atoms with van der Waals surface area (Å²) >= 11 is 0. The highest BCUT2D eigenvalue weighted by Crippen LogP contribution is 2.31. The topological polar surface area (TPSA) is 55.1 Å². The predicted molar refractivity (Wildman–Crippen MR) is 87.4 cm³/mol. The summed E-state index contributed by atoms with van der Waals surface area (Å²) in [5.41, 5.74) is 5.50. The molecule has 1 aromatic rings. The summed E-state index contributed by atoms with van der Waals surface area (Å²) in [6.07, 6.45) is -1.77. The summed E-state index contributed by atoms with van der Waals surface area (Å²) < 4.78 is 38.4. The van der Waals surface area contributed by atoms with E-state index in [9.17, 15) is 18.0 Å². The summed E-state index contributed by atoms with van der Waals surface area (Å²) in [4.78, 5) is 12.0. The van der Waals surface area contributed by atoms with Gasteiger partial charge in [0.15, 0.2) is 0 Å². The van der Waals surface area contributed by atoms with Crippen molar-refractivity contribution >= 4 is 18.3 Å². The first-order valence-corrected chi connectivity index (χ1v) is 7.52. The number of carbonyl (C=O) groups is 1. The highest BCUT2D eigenvalue weighted by Gasteiger charge is 2.31. The van der Waals surface area contributed by atoms with Gasteiger partial charge in [0.05, 0.1) is 17.6 Å². The molecule has 0 saturated carbocycles. The monoisotopic (exact) mass is 352 g/mol. The molecule has 0 spiro atoms. The summed E-state index contributed by atoms with van der Waals surface area (Å²) in [7, 11) is 0. The summed E-state index contributed by atoms with van der Waals surface area (Å²) in [5.74, 6) is -0.322. The average molecular weight is 353 g/mol. The fraction of sp³-hybridized carbons (Fsp3) is 0.562. The van der Waals surface area contributed by atoms with Crippen LogP contribution in [-0.4, -0.2) is 11.9 Å². The molecule has 0 aliphatic heterocycles. The zero-order valence-electron chi connectivity index (χ0n) is 13.3. The van der Waals surface area contributed by atoms with E-state index in [0.29, 0.717) is 18.4 Å². The molecule has 1 amide bonds. The second kappa shape index (κ2) is 9.78. The van der Waals surface area contributed by atoms with Gasteiger partial charge in [0.1, 0.15) is 0 Å². The van der Waals surface area contributed by atoms with Crippen LogP contribution >= 0.6 is 12.4 Å². The quantitative estimate of drug-likeness (QED) is 0.772. The van der Waals surface area contributed by atoms with Crippen molar-refractivity contribution in [3.8, 4) is 0 Å². The number of benzene rings is 1. The van der Waals surface area contributed by atoms with Crippen molar-refractivity contribution in [3.05, 3.63) is 35.4 Å². The molecule has 3 N–H and O–H groups in total. The molecule has 2 unspecified atom stereocenters. The van der Waals surface area contributed by atoms with Crippen molar-refractivity contribution in [2.24, 2.45) is 5.73 Å². The van der Waals surface area contributed by atoms with Crippen LogP contribution in [0.15, 0.2) is 24.3 Å². The minimum Gasteiger partial charge on any atom is -0.348 e. The van der Waals surface area contributed by atoms with Gasteiger partial charge in [-0.2, -0.15) is 13.2 Å². The molecule has 0 fully saturated rings. The zero-order chi connectivity index (χ0) is 16.8. The third kappa shape index (κ3) is 6.79. The van der Waals surface area contributed by atoms with Crippen molar-refractivity contribution in [1.29, 1.82) is 0 Å². The number of halogens is 4. The number of amides is 1. The summed E-state index contributed by atoms with van der Waals surface area (Å²) in [6.45, 7) is 3.84. The van der Waals surface area contributed by atoms with E-state index in [2.05, 4.69) is 5.32 Å². The van der Waals surface area contributed by atoms with Crippen molar-refractivity contribution < 1.29 is 18.0 Å². The minimum atomic E-state index is -4.39. The maximum Gasteiger partial charge on any atom is 0.416 e. The van der Waals surface area contributed by atoms with Gasteiger partial charge in [0.25, 0.3) is 0 Å². The summed E-state index contributed by atoms with van der Waals surface area (Å²) in [5, 5.41) is 2.77. The van der Waals surface area contributed by atoms with E-state index in [-0.39, 0.29) is 18.3 Å². The van der Waals surface area contributed by atoms with E-state index in [0.717, 1.165) is 25.0 Å². The molecule has 0 aliphatic carbocycles. The number of hydrogen-bond acceptors (Lipinski definition) is 2. The Bertz CT molecular complexity index is 494. The van der Waals surface area contributed by atoms with Crippen LogP contribution in [0.25, 0.3) is 0 Å². The number of nitrogens with two attached hydrogens (primary N) is 1. The molecule has 0 radical (unpaired) electrons. The van der Waals surface area contributed by atoms with Gasteiger partial charge in [-0.1, -0.05) is 38.8 Å². The van der Waals surface area contributed by atoms with E-state index in [1.165, 1.54) is 6.07 Å². The lowest BCUT2D eigenvalue weighted by molar-refractivity contribution is -0.137. The average Bonchev–Trinajstić information content (AvgIpc) is 2.46. The lowest BCUT2D eigenvalue weighted by atomic mass is 9.99. The largest absolute Gasteiger partial charge is 0.416 e. The molecule has 23 heavy (non-hydrogen) atoms. The van der Waals surface area contributed by atoms with Crippen molar-refractivity contribution in [2.45, 2.75) is 57.8 Å². The highest BCUT2D eigenvalue weighted by atomic mass is 35.5. The molecule has 0 saturated heterocycles. The zero-order valence-corrected chi connectivity index (χ0v) is 14.1. The first-order valence-electron chi connectivity index (χ1n) is 7.52. The third-order valence-electron chi connectivity index (χ3n) is 3.45. The molecule has 0 aliphatic rings. The van der Waals surface area contributed by atoms with Gasteiger partial charge in [-0.15, -0.1) is 12.4 Å². The molecule has 0 aromatic heterocycles. The van der Waals surface area contributed by atoms with Crippen LogP contribution in [0.4, 0.5) is 13.2 Å². The molecular formula is C16H24ClF3N2O. The van der Waals surface area contributed by atoms with E-state index in [1.54, 1.807) is 6.07 Å². The number of carbonyl (C=O) groups excluding carboxylic acids is 1. The van der Waals surface area contributed by atoms with Gasteiger partial charge in [0.2, 0.25) is 5.91 Å². The van der Waals surface area contributed by atoms with Crippen LogP contribution in [0.5, 0.6) is 0 Å². The number of hydrogen-bond donors (Lipinski definition) is 2. The van der Waals surface area contributed by atoms with Gasteiger partial charge in [-0.3, -0.25) is 4.79 Å². The molecule has 0 heterocycles. The molecule has 3 nitrogen and oxygen atoms in total. The lowest BCUT2D eigenvalue weighted by Crippen LogP contribution is -2.42. The summed E-state index contributed by atoms with van der Waals surface area (Å²) in [6, 6.07) is 3.99. The predicted octanol–water partition coefficient (Wildman–Crippen LogP) is 4.21. The Labute approximate surface area is 141 Å². The van der Waals surface area contributed by atoms with Gasteiger partial charge in [0, 0.05) is 0 Å². The molecule has 1 aromatic carbocycles. The number of nitrogens with one attached hydrogen (secondary N) is 1. The molecule has 0 bridgehead atoms. The first kappa shape index (κ1) is 21.7. The van der Waals surface area contributed by atoms with Crippen LogP contribution in [0.2, 0.25) is 0 Å². The SMILES string of the molecule is CCCC(N)C(=O)NC(CCC)c1cccc(C(F)(F)F)c1.Cl. The smallest absolute Gasteiger partial charge is 0.348 e.